The third-order valence-corrected chi connectivity index (χ3v) is 5.92. The summed E-state index contributed by atoms with van der Waals surface area (Å²) in [6.45, 7) is 9.26. The van der Waals surface area contributed by atoms with Gasteiger partial charge < -0.3 is 10.2 Å². The zero-order valence-electron chi connectivity index (χ0n) is 16.3. The predicted octanol–water partition coefficient (Wildman–Crippen LogP) is 3.33. The Bertz CT molecular complexity index is 739. The second-order valence-corrected chi connectivity index (χ2v) is 8.23. The number of piperazine rings is 1. The molecule has 3 rings (SSSR count). The molecule has 1 amide bonds. The number of hydrogen-bond donors (Lipinski definition) is 1. The number of amides is 1. The van der Waals surface area contributed by atoms with Crippen molar-refractivity contribution in [3.05, 3.63) is 59.7 Å². The first-order chi connectivity index (χ1) is 13.1. The summed E-state index contributed by atoms with van der Waals surface area (Å²) >= 11 is 1.78. The van der Waals surface area contributed by atoms with Crippen LogP contribution in [-0.2, 0) is 4.79 Å². The smallest absolute Gasteiger partial charge is 0.234 e. The topological polar surface area (TPSA) is 35.6 Å². The highest BCUT2D eigenvalue weighted by Crippen LogP contribution is 2.20. The van der Waals surface area contributed by atoms with E-state index in [1.807, 2.05) is 0 Å². The highest BCUT2D eigenvalue weighted by atomic mass is 32.2. The van der Waals surface area contributed by atoms with Crippen molar-refractivity contribution in [1.82, 2.24) is 10.2 Å². The van der Waals surface area contributed by atoms with Crippen molar-refractivity contribution in [3.8, 4) is 0 Å². The van der Waals surface area contributed by atoms with Crippen molar-refractivity contribution in [2.75, 3.05) is 49.9 Å². The van der Waals surface area contributed by atoms with Gasteiger partial charge in [0.05, 0.1) is 6.54 Å². The number of para-hydroxylation sites is 1. The van der Waals surface area contributed by atoms with Gasteiger partial charge in [-0.2, -0.15) is 0 Å². The maximum absolute atomic E-state index is 12.2. The monoisotopic (exact) mass is 383 g/mol. The van der Waals surface area contributed by atoms with Crippen molar-refractivity contribution in [2.24, 2.45) is 0 Å². The maximum Gasteiger partial charge on any atom is 0.234 e. The van der Waals surface area contributed by atoms with E-state index in [0.717, 1.165) is 31.9 Å². The molecule has 0 aliphatic carbocycles. The minimum atomic E-state index is 0.129. The van der Waals surface area contributed by atoms with Crippen molar-refractivity contribution in [2.45, 2.75) is 18.7 Å². The number of benzene rings is 2. The Kier molecular flexibility index (Phi) is 7.18. The molecule has 1 saturated heterocycles. The number of hydrogen-bond acceptors (Lipinski definition) is 4. The second kappa shape index (κ2) is 9.81. The standard InChI is InChI=1S/C22H29N3OS/c1-18-7-9-20(10-8-18)27-16-11-23-22(26)17-24-12-14-25(15-13-24)21-6-4-3-5-19(21)2/h3-10H,11-17H2,1-2H3,(H,23,26). The molecule has 1 heterocycles. The number of rotatable bonds is 7. The summed E-state index contributed by atoms with van der Waals surface area (Å²) < 4.78 is 0. The van der Waals surface area contributed by atoms with Crippen LogP contribution in [0.5, 0.6) is 0 Å². The summed E-state index contributed by atoms with van der Waals surface area (Å²) in [7, 11) is 0. The molecule has 1 fully saturated rings. The van der Waals surface area contributed by atoms with Crippen LogP contribution in [0.3, 0.4) is 0 Å². The molecule has 0 unspecified atom stereocenters. The Morgan fingerprint density at radius 3 is 2.41 bits per heavy atom. The number of aryl methyl sites for hydroxylation is 2. The number of anilines is 1. The molecule has 0 bridgehead atoms. The van der Waals surface area contributed by atoms with Crippen molar-refractivity contribution >= 4 is 23.4 Å². The lowest BCUT2D eigenvalue weighted by Crippen LogP contribution is -2.49. The first kappa shape index (κ1) is 19.8. The van der Waals surface area contributed by atoms with Crippen LogP contribution in [0.15, 0.2) is 53.4 Å². The van der Waals surface area contributed by atoms with E-state index < -0.39 is 0 Å². The lowest BCUT2D eigenvalue weighted by molar-refractivity contribution is -0.122. The number of carbonyl (C=O) groups excluding carboxylic acids is 1. The molecule has 0 saturated carbocycles. The largest absolute Gasteiger partial charge is 0.369 e. The SMILES string of the molecule is Cc1ccc(SCCNC(=O)CN2CCN(c3ccccc3C)CC2)cc1. The third kappa shape index (κ3) is 6.01. The molecule has 1 aliphatic heterocycles. The molecule has 2 aromatic carbocycles. The quantitative estimate of drug-likeness (QED) is 0.588. The summed E-state index contributed by atoms with van der Waals surface area (Å²) in [6.07, 6.45) is 0. The zero-order chi connectivity index (χ0) is 19.1. The average molecular weight is 384 g/mol. The first-order valence-corrected chi connectivity index (χ1v) is 10.6. The minimum absolute atomic E-state index is 0.129. The highest BCUT2D eigenvalue weighted by Gasteiger charge is 2.19. The van der Waals surface area contributed by atoms with Crippen LogP contribution in [0.2, 0.25) is 0 Å². The molecule has 27 heavy (non-hydrogen) atoms. The van der Waals surface area contributed by atoms with E-state index in [9.17, 15) is 4.79 Å². The van der Waals surface area contributed by atoms with Gasteiger partial charge in [0.2, 0.25) is 5.91 Å². The molecule has 5 heteroatoms. The van der Waals surface area contributed by atoms with Gasteiger partial charge in [-0.05, 0) is 37.6 Å². The summed E-state index contributed by atoms with van der Waals surface area (Å²) in [6, 6.07) is 17.0. The van der Waals surface area contributed by atoms with Crippen LogP contribution in [0.25, 0.3) is 0 Å². The molecule has 0 radical (unpaired) electrons. The molecular formula is C22H29N3OS. The third-order valence-electron chi connectivity index (χ3n) is 4.91. The van der Waals surface area contributed by atoms with E-state index >= 15 is 0 Å². The van der Waals surface area contributed by atoms with Crippen LogP contribution >= 0.6 is 11.8 Å². The van der Waals surface area contributed by atoms with Crippen LogP contribution in [0, 0.1) is 13.8 Å². The lowest BCUT2D eigenvalue weighted by atomic mass is 10.1. The van der Waals surface area contributed by atoms with Gasteiger partial charge in [0.25, 0.3) is 0 Å². The molecule has 0 aromatic heterocycles. The van der Waals surface area contributed by atoms with Crippen LogP contribution in [0.4, 0.5) is 5.69 Å². The Morgan fingerprint density at radius 1 is 1.00 bits per heavy atom. The van der Waals surface area contributed by atoms with Gasteiger partial charge in [0.1, 0.15) is 0 Å². The van der Waals surface area contributed by atoms with E-state index in [2.05, 4.69) is 77.5 Å². The fraction of sp³-hybridized carbons (Fsp3) is 0.409. The summed E-state index contributed by atoms with van der Waals surface area (Å²) in [5.74, 6) is 1.03. The molecule has 0 atom stereocenters. The lowest BCUT2D eigenvalue weighted by Gasteiger charge is -2.36. The van der Waals surface area contributed by atoms with E-state index in [4.69, 9.17) is 0 Å². The van der Waals surface area contributed by atoms with Gasteiger partial charge >= 0.3 is 0 Å². The summed E-state index contributed by atoms with van der Waals surface area (Å²) in [4.78, 5) is 18.1. The normalized spacial score (nSPS) is 15.0. The van der Waals surface area contributed by atoms with Gasteiger partial charge in [-0.15, -0.1) is 11.8 Å². The molecule has 1 N–H and O–H groups in total. The van der Waals surface area contributed by atoms with Gasteiger partial charge in [0, 0.05) is 49.1 Å². The van der Waals surface area contributed by atoms with E-state index in [-0.39, 0.29) is 5.91 Å². The van der Waals surface area contributed by atoms with Crippen molar-refractivity contribution in [1.29, 1.82) is 0 Å². The Balaban J connectivity index is 1.33. The summed E-state index contributed by atoms with van der Waals surface area (Å²) in [5.41, 5.74) is 3.90. The van der Waals surface area contributed by atoms with Gasteiger partial charge in [-0.1, -0.05) is 35.9 Å². The van der Waals surface area contributed by atoms with Gasteiger partial charge in [-0.25, -0.2) is 0 Å². The van der Waals surface area contributed by atoms with Crippen LogP contribution < -0.4 is 10.2 Å². The number of nitrogens with zero attached hydrogens (tertiary/aromatic N) is 2. The van der Waals surface area contributed by atoms with Gasteiger partial charge in [0.15, 0.2) is 0 Å². The summed E-state index contributed by atoms with van der Waals surface area (Å²) in [5, 5.41) is 3.05. The number of nitrogens with one attached hydrogen (secondary N) is 1. The second-order valence-electron chi connectivity index (χ2n) is 7.06. The van der Waals surface area contributed by atoms with Crippen LogP contribution in [0.1, 0.15) is 11.1 Å². The fourth-order valence-electron chi connectivity index (χ4n) is 3.32. The molecule has 0 spiro atoms. The average Bonchev–Trinajstić information content (AvgIpc) is 2.68. The molecule has 1 aliphatic rings. The molecule has 4 nitrogen and oxygen atoms in total. The van der Waals surface area contributed by atoms with E-state index in [0.29, 0.717) is 13.1 Å². The van der Waals surface area contributed by atoms with E-state index in [1.165, 1.54) is 21.7 Å². The van der Waals surface area contributed by atoms with Crippen molar-refractivity contribution < 1.29 is 4.79 Å². The maximum atomic E-state index is 12.2. The highest BCUT2D eigenvalue weighted by molar-refractivity contribution is 7.99. The van der Waals surface area contributed by atoms with E-state index in [1.54, 1.807) is 11.8 Å². The minimum Gasteiger partial charge on any atom is -0.369 e. The number of thioether (sulfide) groups is 1. The number of carbonyl (C=O) groups is 1. The first-order valence-electron chi connectivity index (χ1n) is 9.61. The predicted molar refractivity (Wildman–Crippen MR) is 115 cm³/mol. The molecular weight excluding hydrogens is 354 g/mol. The van der Waals surface area contributed by atoms with Crippen molar-refractivity contribution in [3.63, 3.8) is 0 Å². The molecule has 144 valence electrons. The van der Waals surface area contributed by atoms with Gasteiger partial charge in [-0.3, -0.25) is 9.69 Å². The zero-order valence-corrected chi connectivity index (χ0v) is 17.1. The Morgan fingerprint density at radius 2 is 1.70 bits per heavy atom. The Hall–Kier alpha value is -1.98. The molecule has 2 aromatic rings. The van der Waals surface area contributed by atoms with Crippen LogP contribution in [-0.4, -0.2) is 55.8 Å². The Labute approximate surface area is 166 Å². The fourth-order valence-corrected chi connectivity index (χ4v) is 4.09.